The number of ether oxygens (including phenoxy) is 1. The predicted molar refractivity (Wildman–Crippen MR) is 132 cm³/mol. The molecule has 1 aromatic carbocycles. The van der Waals surface area contributed by atoms with Gasteiger partial charge in [-0.25, -0.2) is 0 Å². The zero-order valence-electron chi connectivity index (χ0n) is 20.8. The van der Waals surface area contributed by atoms with Crippen molar-refractivity contribution >= 4 is 6.08 Å². The number of rotatable bonds is 12. The second-order valence-electron chi connectivity index (χ2n) is 9.33. The Bertz CT molecular complexity index is 893. The van der Waals surface area contributed by atoms with E-state index < -0.39 is 18.0 Å². The van der Waals surface area contributed by atoms with Gasteiger partial charge in [-0.05, 0) is 74.3 Å². The Kier molecular flexibility index (Phi) is 10.8. The van der Waals surface area contributed by atoms with E-state index in [4.69, 9.17) is 4.74 Å². The first kappa shape index (κ1) is 28.1. The molecule has 1 aromatic heterocycles. The molecule has 0 saturated carbocycles. The van der Waals surface area contributed by atoms with Gasteiger partial charge in [0.25, 0.3) is 0 Å². The van der Waals surface area contributed by atoms with Crippen molar-refractivity contribution in [3.05, 3.63) is 59.9 Å². The molecule has 0 aliphatic rings. The number of pyridine rings is 1. The van der Waals surface area contributed by atoms with Gasteiger partial charge < -0.3 is 9.84 Å². The maximum Gasteiger partial charge on any atom is 0.416 e. The Morgan fingerprint density at radius 2 is 1.74 bits per heavy atom. The number of alkyl halides is 3. The summed E-state index contributed by atoms with van der Waals surface area (Å²) < 4.78 is 44.6. The predicted octanol–water partition coefficient (Wildman–Crippen LogP) is 7.99. The van der Waals surface area contributed by atoms with Gasteiger partial charge in [0.2, 0.25) is 0 Å². The summed E-state index contributed by atoms with van der Waals surface area (Å²) in [6.07, 6.45) is 4.39. The van der Waals surface area contributed by atoms with Crippen molar-refractivity contribution in [3.8, 4) is 11.1 Å². The minimum Gasteiger partial charge on any atom is -0.368 e. The molecule has 0 bridgehead atoms. The molecule has 0 saturated heterocycles. The van der Waals surface area contributed by atoms with E-state index in [9.17, 15) is 18.3 Å². The number of allylic oxidation sites excluding steroid dienone is 1. The summed E-state index contributed by atoms with van der Waals surface area (Å²) >= 11 is 0. The molecule has 5 atom stereocenters. The Balaban J connectivity index is 2.05. The van der Waals surface area contributed by atoms with Crippen LogP contribution in [0.15, 0.2) is 48.7 Å². The molecule has 1 N–H and O–H groups in total. The van der Waals surface area contributed by atoms with Gasteiger partial charge in [-0.15, -0.1) is 0 Å². The molecule has 6 heteroatoms. The average molecular weight is 478 g/mol. The fraction of sp³-hybridized carbons (Fsp3) is 0.536. The highest BCUT2D eigenvalue weighted by molar-refractivity contribution is 5.64. The van der Waals surface area contributed by atoms with Crippen LogP contribution in [-0.2, 0) is 10.9 Å². The smallest absolute Gasteiger partial charge is 0.368 e. The maximum atomic E-state index is 13.0. The van der Waals surface area contributed by atoms with E-state index in [-0.39, 0.29) is 12.0 Å². The van der Waals surface area contributed by atoms with Gasteiger partial charge in [0.1, 0.15) is 0 Å². The fourth-order valence-electron chi connectivity index (χ4n) is 4.04. The van der Waals surface area contributed by atoms with Gasteiger partial charge in [-0.2, -0.15) is 13.2 Å². The van der Waals surface area contributed by atoms with Crippen molar-refractivity contribution in [3.63, 3.8) is 0 Å². The first-order valence-corrected chi connectivity index (χ1v) is 12.1. The van der Waals surface area contributed by atoms with Crippen LogP contribution in [-0.4, -0.2) is 22.5 Å². The molecule has 2 rings (SSSR count). The van der Waals surface area contributed by atoms with Crippen LogP contribution in [0.2, 0.25) is 0 Å². The Hall–Kier alpha value is -2.18. The van der Waals surface area contributed by atoms with E-state index in [0.717, 1.165) is 43.5 Å². The fourth-order valence-corrected chi connectivity index (χ4v) is 4.04. The van der Waals surface area contributed by atoms with Crippen LogP contribution in [0.1, 0.15) is 71.6 Å². The van der Waals surface area contributed by atoms with Gasteiger partial charge in [-0.1, -0.05) is 57.9 Å². The summed E-state index contributed by atoms with van der Waals surface area (Å²) in [4.78, 5) is 4.41. The summed E-state index contributed by atoms with van der Waals surface area (Å²) in [7, 11) is 0. The largest absolute Gasteiger partial charge is 0.416 e. The molecule has 188 valence electrons. The van der Waals surface area contributed by atoms with Crippen molar-refractivity contribution in [1.82, 2.24) is 4.98 Å². The quantitative estimate of drug-likeness (QED) is 0.315. The second kappa shape index (κ2) is 13.1. The molecule has 34 heavy (non-hydrogen) atoms. The lowest BCUT2D eigenvalue weighted by Gasteiger charge is -2.27. The number of nitrogens with zero attached hydrogens (tertiary/aromatic N) is 1. The minimum atomic E-state index is -4.37. The van der Waals surface area contributed by atoms with Gasteiger partial charge in [0.05, 0.1) is 17.4 Å². The molecule has 0 aliphatic heterocycles. The van der Waals surface area contributed by atoms with Crippen molar-refractivity contribution in [2.45, 2.75) is 78.9 Å². The van der Waals surface area contributed by atoms with E-state index in [0.29, 0.717) is 23.0 Å². The molecule has 0 amide bonds. The highest BCUT2D eigenvalue weighted by atomic mass is 19.4. The van der Waals surface area contributed by atoms with Crippen molar-refractivity contribution in [2.24, 2.45) is 17.8 Å². The lowest BCUT2D eigenvalue weighted by atomic mass is 9.84. The van der Waals surface area contributed by atoms with Crippen LogP contribution >= 0.6 is 0 Å². The van der Waals surface area contributed by atoms with E-state index in [2.05, 4.69) is 31.8 Å². The molecule has 0 radical (unpaired) electrons. The van der Waals surface area contributed by atoms with Crippen LogP contribution in [0, 0.1) is 17.8 Å². The molecule has 0 spiro atoms. The molecule has 0 fully saturated rings. The normalized spacial score (nSPS) is 16.9. The number of aliphatic hydroxyl groups excluding tert-OH is 1. The summed E-state index contributed by atoms with van der Waals surface area (Å²) in [5, 5.41) is 9.65. The standard InChI is InChI=1S/C28H38F3NO2/c1-6-19(2)20(3)13-14-23(21(4)34-22(5)33)9-8-12-27-16-15-25(18-32-27)24-10-7-11-26(17-24)28(29,30)31/h7-8,10-12,15-23,33H,6,9,13-14H2,1-5H3/b12-8+/t19-,20?,21-,22?,23+/m1/s1. The van der Waals surface area contributed by atoms with Crippen molar-refractivity contribution < 1.29 is 23.0 Å². The number of aromatic nitrogens is 1. The van der Waals surface area contributed by atoms with Crippen LogP contribution in [0.4, 0.5) is 13.2 Å². The van der Waals surface area contributed by atoms with E-state index in [1.807, 2.05) is 19.1 Å². The van der Waals surface area contributed by atoms with Crippen LogP contribution < -0.4 is 0 Å². The van der Waals surface area contributed by atoms with Gasteiger partial charge in [-0.3, -0.25) is 4.98 Å². The molecule has 0 aliphatic carbocycles. The zero-order chi connectivity index (χ0) is 25.3. The third-order valence-electron chi connectivity index (χ3n) is 6.72. The third-order valence-corrected chi connectivity index (χ3v) is 6.72. The molecule has 2 unspecified atom stereocenters. The molecule has 2 aromatic rings. The topological polar surface area (TPSA) is 42.4 Å². The summed E-state index contributed by atoms with van der Waals surface area (Å²) in [5.41, 5.74) is 1.19. The highest BCUT2D eigenvalue weighted by Gasteiger charge is 2.30. The van der Waals surface area contributed by atoms with Crippen LogP contribution in [0.5, 0.6) is 0 Å². The number of halogens is 3. The monoisotopic (exact) mass is 477 g/mol. The van der Waals surface area contributed by atoms with Crippen LogP contribution in [0.25, 0.3) is 17.2 Å². The zero-order valence-corrected chi connectivity index (χ0v) is 20.8. The Morgan fingerprint density at radius 1 is 1.00 bits per heavy atom. The van der Waals surface area contributed by atoms with Crippen LogP contribution in [0.3, 0.4) is 0 Å². The first-order valence-electron chi connectivity index (χ1n) is 12.1. The summed E-state index contributed by atoms with van der Waals surface area (Å²) in [6.45, 7) is 10.4. The minimum absolute atomic E-state index is 0.0787. The molecular formula is C28H38F3NO2. The number of benzene rings is 1. The molecule has 1 heterocycles. The molecule has 3 nitrogen and oxygen atoms in total. The van der Waals surface area contributed by atoms with E-state index in [1.165, 1.54) is 6.07 Å². The SMILES string of the molecule is CC[C@@H](C)C(C)CC[C@H](C/C=C/c1ccc(-c2cccc(C(F)(F)F)c2)cn1)[C@@H](C)OC(C)O. The highest BCUT2D eigenvalue weighted by Crippen LogP contribution is 2.32. The van der Waals surface area contributed by atoms with Gasteiger partial charge in [0, 0.05) is 11.8 Å². The lowest BCUT2D eigenvalue weighted by Crippen LogP contribution is -2.25. The number of hydrogen-bond donors (Lipinski definition) is 1. The third kappa shape index (κ3) is 8.88. The Morgan fingerprint density at radius 3 is 2.32 bits per heavy atom. The van der Waals surface area contributed by atoms with Crippen molar-refractivity contribution in [2.75, 3.05) is 0 Å². The average Bonchev–Trinajstić information content (AvgIpc) is 2.79. The van der Waals surface area contributed by atoms with E-state index >= 15 is 0 Å². The first-order chi connectivity index (χ1) is 16.0. The number of aliphatic hydroxyl groups is 1. The second-order valence-corrected chi connectivity index (χ2v) is 9.33. The van der Waals surface area contributed by atoms with E-state index in [1.54, 1.807) is 25.3 Å². The summed E-state index contributed by atoms with van der Waals surface area (Å²) in [5.74, 6) is 1.56. The van der Waals surface area contributed by atoms with Gasteiger partial charge in [0.15, 0.2) is 6.29 Å². The summed E-state index contributed by atoms with van der Waals surface area (Å²) in [6, 6.07) is 8.85. The Labute approximate surface area is 202 Å². The van der Waals surface area contributed by atoms with Gasteiger partial charge >= 0.3 is 6.18 Å². The maximum absolute atomic E-state index is 13.0. The molecular weight excluding hydrogens is 439 g/mol. The van der Waals surface area contributed by atoms with Crippen molar-refractivity contribution in [1.29, 1.82) is 0 Å². The lowest BCUT2D eigenvalue weighted by molar-refractivity contribution is -0.137. The number of hydrogen-bond acceptors (Lipinski definition) is 3.